The molecule has 0 N–H and O–H groups in total. The number of Topliss-reactive ketones (excluding diaryl/α,β-unsaturated/α-hetero) is 1. The van der Waals surface area contributed by atoms with Gasteiger partial charge in [-0.05, 0) is 30.2 Å². The Balaban J connectivity index is 1.92. The first-order chi connectivity index (χ1) is 12.0. The molecule has 0 unspecified atom stereocenters. The predicted octanol–water partition coefficient (Wildman–Crippen LogP) is 3.39. The molecule has 0 aromatic heterocycles. The summed E-state index contributed by atoms with van der Waals surface area (Å²) in [4.78, 5) is 22.6. The van der Waals surface area contributed by atoms with E-state index >= 15 is 0 Å². The molecule has 1 aromatic rings. The summed E-state index contributed by atoms with van der Waals surface area (Å²) in [6.45, 7) is 4.12. The molecule has 1 spiro atoms. The minimum Gasteiger partial charge on any atom is -0.483 e. The number of carbonyl (C=O) groups excluding carboxylic acids is 1. The van der Waals surface area contributed by atoms with Gasteiger partial charge in [-0.2, -0.15) is 0 Å². The van der Waals surface area contributed by atoms with Gasteiger partial charge in [-0.15, -0.1) is 0 Å². The van der Waals surface area contributed by atoms with Crippen molar-refractivity contribution < 1.29 is 14.3 Å². The first kappa shape index (κ1) is 17.6. The van der Waals surface area contributed by atoms with Crippen molar-refractivity contribution in [1.82, 2.24) is 0 Å². The van der Waals surface area contributed by atoms with Crippen molar-refractivity contribution >= 4 is 17.6 Å². The summed E-state index contributed by atoms with van der Waals surface area (Å²) < 4.78 is 11.0. The molecule has 1 aliphatic carbocycles. The molecule has 134 valence electrons. The van der Waals surface area contributed by atoms with Gasteiger partial charge in [-0.3, -0.25) is 4.79 Å². The zero-order valence-corrected chi connectivity index (χ0v) is 15.4. The number of hydrogen-bond acceptors (Lipinski definition) is 5. The summed E-state index contributed by atoms with van der Waals surface area (Å²) in [6, 6.07) is 9.99. The van der Waals surface area contributed by atoms with E-state index in [1.54, 1.807) is 14.2 Å². The highest BCUT2D eigenvalue weighted by Gasteiger charge is 2.51. The summed E-state index contributed by atoms with van der Waals surface area (Å²) in [7, 11) is 3.16. The first-order valence-electron chi connectivity index (χ1n) is 8.86. The third-order valence-electron chi connectivity index (χ3n) is 5.22. The van der Waals surface area contributed by atoms with Crippen molar-refractivity contribution in [2.75, 3.05) is 14.2 Å². The smallest absolute Gasteiger partial charge is 0.220 e. The highest BCUT2D eigenvalue weighted by molar-refractivity contribution is 6.15. The first-order valence-corrected chi connectivity index (χ1v) is 8.86. The van der Waals surface area contributed by atoms with Crippen LogP contribution in [0.15, 0.2) is 40.3 Å². The Kier molecular flexibility index (Phi) is 4.93. The molecule has 0 radical (unpaired) electrons. The molecular formula is C20H26N2O3. The van der Waals surface area contributed by atoms with Crippen LogP contribution in [0.5, 0.6) is 0 Å². The normalized spacial score (nSPS) is 29.4. The summed E-state index contributed by atoms with van der Waals surface area (Å²) in [5.74, 6) is 1.47. The van der Waals surface area contributed by atoms with Gasteiger partial charge in [0, 0.05) is 6.42 Å². The lowest BCUT2D eigenvalue weighted by Crippen LogP contribution is -2.54. The van der Waals surface area contributed by atoms with Gasteiger partial charge in [0.25, 0.3) is 0 Å². The second-order valence-electron chi connectivity index (χ2n) is 7.12. The molecule has 1 aromatic carbocycles. The number of benzene rings is 1. The summed E-state index contributed by atoms with van der Waals surface area (Å²) in [6.07, 6.45) is 1.90. The highest BCUT2D eigenvalue weighted by Crippen LogP contribution is 2.41. The quantitative estimate of drug-likeness (QED) is 0.828. The van der Waals surface area contributed by atoms with Crippen molar-refractivity contribution in [2.24, 2.45) is 15.9 Å². The van der Waals surface area contributed by atoms with Crippen LogP contribution in [0, 0.1) is 5.92 Å². The van der Waals surface area contributed by atoms with Crippen LogP contribution >= 0.6 is 0 Å². The fourth-order valence-corrected chi connectivity index (χ4v) is 3.78. The van der Waals surface area contributed by atoms with E-state index in [1.165, 1.54) is 5.56 Å². The van der Waals surface area contributed by atoms with E-state index < -0.39 is 5.54 Å². The average Bonchev–Trinajstić information content (AvgIpc) is 2.64. The Morgan fingerprint density at radius 3 is 2.44 bits per heavy atom. The molecule has 1 fully saturated rings. The Morgan fingerprint density at radius 2 is 1.88 bits per heavy atom. The van der Waals surface area contributed by atoms with Gasteiger partial charge in [0.2, 0.25) is 11.8 Å². The summed E-state index contributed by atoms with van der Waals surface area (Å²) in [5.41, 5.74) is 0.185. The van der Waals surface area contributed by atoms with Gasteiger partial charge >= 0.3 is 0 Å². The van der Waals surface area contributed by atoms with Crippen LogP contribution in [0.1, 0.15) is 44.6 Å². The summed E-state index contributed by atoms with van der Waals surface area (Å²) >= 11 is 0. The Bertz CT molecular complexity index is 696. The number of ketones is 1. The Hall–Kier alpha value is -2.17. The van der Waals surface area contributed by atoms with Gasteiger partial charge in [0.1, 0.15) is 6.04 Å². The molecule has 1 saturated carbocycles. The third-order valence-corrected chi connectivity index (χ3v) is 5.22. The largest absolute Gasteiger partial charge is 0.483 e. The van der Waals surface area contributed by atoms with Gasteiger partial charge in [0.05, 0.1) is 14.2 Å². The molecular weight excluding hydrogens is 316 g/mol. The molecule has 0 bridgehead atoms. The van der Waals surface area contributed by atoms with Gasteiger partial charge < -0.3 is 9.47 Å². The zero-order chi connectivity index (χ0) is 18.0. The number of rotatable bonds is 2. The standard InChI is InChI=1S/C20H26N2O3/c1-13(2)17-18(24-3)22-20(19(21-17)25-4)11-10-15(12-16(20)23)14-8-6-5-7-9-14/h5-9,13,15,17H,10-12H2,1-4H3/t15-,17-,20+/m1/s1. The highest BCUT2D eigenvalue weighted by atomic mass is 16.5. The molecule has 2 aliphatic rings. The number of aliphatic imine (C=N–C) groups is 2. The zero-order valence-electron chi connectivity index (χ0n) is 15.4. The molecule has 3 atom stereocenters. The molecule has 5 nitrogen and oxygen atoms in total. The average molecular weight is 342 g/mol. The fourth-order valence-electron chi connectivity index (χ4n) is 3.78. The molecule has 5 heteroatoms. The number of ether oxygens (including phenoxy) is 2. The Morgan fingerprint density at radius 1 is 1.16 bits per heavy atom. The molecule has 0 saturated heterocycles. The molecule has 3 rings (SSSR count). The molecule has 1 aliphatic heterocycles. The van der Waals surface area contributed by atoms with Gasteiger partial charge in [-0.1, -0.05) is 44.2 Å². The van der Waals surface area contributed by atoms with Gasteiger partial charge in [0.15, 0.2) is 11.3 Å². The molecule has 0 amide bonds. The van der Waals surface area contributed by atoms with E-state index in [2.05, 4.69) is 26.0 Å². The van der Waals surface area contributed by atoms with E-state index in [1.807, 2.05) is 18.2 Å². The van der Waals surface area contributed by atoms with E-state index in [0.29, 0.717) is 24.6 Å². The van der Waals surface area contributed by atoms with Gasteiger partial charge in [-0.25, -0.2) is 9.98 Å². The van der Waals surface area contributed by atoms with Crippen molar-refractivity contribution in [3.8, 4) is 0 Å². The summed E-state index contributed by atoms with van der Waals surface area (Å²) in [5, 5.41) is 0. The van der Waals surface area contributed by atoms with Crippen molar-refractivity contribution in [2.45, 2.75) is 50.6 Å². The second-order valence-corrected chi connectivity index (χ2v) is 7.12. The SMILES string of the molecule is COC1=N[C@]2(CC[C@@H](c3ccccc3)CC2=O)C(OC)=N[C@@H]1C(C)C. The minimum atomic E-state index is -1.02. The van der Waals surface area contributed by atoms with Crippen molar-refractivity contribution in [3.05, 3.63) is 35.9 Å². The van der Waals surface area contributed by atoms with E-state index in [9.17, 15) is 4.79 Å². The maximum absolute atomic E-state index is 13.1. The van der Waals surface area contributed by atoms with Crippen LogP contribution in [0.3, 0.4) is 0 Å². The van der Waals surface area contributed by atoms with Crippen molar-refractivity contribution in [1.29, 1.82) is 0 Å². The fraction of sp³-hybridized carbons (Fsp3) is 0.550. The third kappa shape index (κ3) is 3.08. The van der Waals surface area contributed by atoms with Crippen LogP contribution in [0.4, 0.5) is 0 Å². The van der Waals surface area contributed by atoms with E-state index in [-0.39, 0.29) is 23.7 Å². The number of carbonyl (C=O) groups is 1. The monoisotopic (exact) mass is 342 g/mol. The maximum atomic E-state index is 13.1. The second kappa shape index (κ2) is 6.98. The molecule has 1 heterocycles. The number of hydrogen-bond donors (Lipinski definition) is 0. The topological polar surface area (TPSA) is 60.2 Å². The predicted molar refractivity (Wildman–Crippen MR) is 98.3 cm³/mol. The van der Waals surface area contributed by atoms with E-state index in [0.717, 1.165) is 6.42 Å². The van der Waals surface area contributed by atoms with Crippen molar-refractivity contribution in [3.63, 3.8) is 0 Å². The van der Waals surface area contributed by atoms with Crippen LogP contribution in [0.25, 0.3) is 0 Å². The van der Waals surface area contributed by atoms with E-state index in [4.69, 9.17) is 19.5 Å². The van der Waals surface area contributed by atoms with Crippen LogP contribution in [0.2, 0.25) is 0 Å². The number of methoxy groups -OCH3 is 2. The lowest BCUT2D eigenvalue weighted by molar-refractivity contribution is -0.124. The maximum Gasteiger partial charge on any atom is 0.220 e. The Labute approximate surface area is 149 Å². The number of nitrogens with zero attached hydrogens (tertiary/aromatic N) is 2. The molecule has 25 heavy (non-hydrogen) atoms. The van der Waals surface area contributed by atoms with Crippen LogP contribution in [-0.4, -0.2) is 43.4 Å². The lowest BCUT2D eigenvalue weighted by atomic mass is 9.72. The minimum absolute atomic E-state index is 0.0601. The van der Waals surface area contributed by atoms with Crippen LogP contribution < -0.4 is 0 Å². The lowest BCUT2D eigenvalue weighted by Gasteiger charge is -2.39. The van der Waals surface area contributed by atoms with Crippen LogP contribution in [-0.2, 0) is 14.3 Å².